The number of nitrogens with one attached hydrogen (secondary N) is 1. The summed E-state index contributed by atoms with van der Waals surface area (Å²) < 4.78 is 5.48. The van der Waals surface area contributed by atoms with Crippen molar-refractivity contribution in [2.75, 3.05) is 7.11 Å². The Morgan fingerprint density at radius 2 is 1.94 bits per heavy atom. The van der Waals surface area contributed by atoms with Gasteiger partial charge in [0.2, 0.25) is 0 Å². The number of rotatable bonds is 4. The minimum Gasteiger partial charge on any atom is -0.381 e. The van der Waals surface area contributed by atoms with Crippen molar-refractivity contribution in [2.24, 2.45) is 0 Å². The van der Waals surface area contributed by atoms with Crippen LogP contribution in [0, 0.1) is 6.92 Å². The van der Waals surface area contributed by atoms with Crippen molar-refractivity contribution in [1.82, 2.24) is 5.32 Å². The van der Waals surface area contributed by atoms with E-state index in [1.165, 1.54) is 30.4 Å². The van der Waals surface area contributed by atoms with E-state index in [-0.39, 0.29) is 0 Å². The fourth-order valence-corrected chi connectivity index (χ4v) is 2.82. The molecular formula is C16H25NO. The summed E-state index contributed by atoms with van der Waals surface area (Å²) in [5.41, 5.74) is 2.70. The third-order valence-electron chi connectivity index (χ3n) is 4.02. The van der Waals surface area contributed by atoms with E-state index in [2.05, 4.69) is 43.4 Å². The molecule has 0 heterocycles. The lowest BCUT2D eigenvalue weighted by atomic mass is 9.92. The smallest absolute Gasteiger partial charge is 0.0586 e. The normalized spacial score (nSPS) is 25.9. The summed E-state index contributed by atoms with van der Waals surface area (Å²) in [7, 11) is 1.83. The van der Waals surface area contributed by atoms with Crippen LogP contribution in [0.4, 0.5) is 0 Å². The van der Waals surface area contributed by atoms with E-state index in [0.29, 0.717) is 18.2 Å². The summed E-state index contributed by atoms with van der Waals surface area (Å²) in [6.45, 7) is 4.38. The Kier molecular flexibility index (Phi) is 4.79. The standard InChI is InChI=1S/C16H25NO/c1-12-7-9-14(10-8-12)13(2)17-15-5-4-6-16(11-15)18-3/h7-10,13,15-17H,4-6,11H2,1-3H3/t13-,15?,16?/m0/s1. The molecule has 0 aliphatic heterocycles. The van der Waals surface area contributed by atoms with E-state index in [9.17, 15) is 0 Å². The molecule has 0 spiro atoms. The summed E-state index contributed by atoms with van der Waals surface area (Å²) in [4.78, 5) is 0. The van der Waals surface area contributed by atoms with Gasteiger partial charge in [-0.2, -0.15) is 0 Å². The van der Waals surface area contributed by atoms with Crippen LogP contribution in [-0.4, -0.2) is 19.3 Å². The molecule has 1 aliphatic carbocycles. The maximum Gasteiger partial charge on any atom is 0.0586 e. The minimum absolute atomic E-state index is 0.422. The highest BCUT2D eigenvalue weighted by atomic mass is 16.5. The van der Waals surface area contributed by atoms with Crippen LogP contribution in [0.15, 0.2) is 24.3 Å². The number of ether oxygens (including phenoxy) is 1. The quantitative estimate of drug-likeness (QED) is 0.877. The van der Waals surface area contributed by atoms with Gasteiger partial charge < -0.3 is 10.1 Å². The molecular weight excluding hydrogens is 222 g/mol. The Hall–Kier alpha value is -0.860. The van der Waals surface area contributed by atoms with E-state index in [4.69, 9.17) is 4.74 Å². The Morgan fingerprint density at radius 3 is 2.61 bits per heavy atom. The molecule has 1 aliphatic rings. The molecule has 1 fully saturated rings. The molecule has 1 saturated carbocycles. The molecule has 0 bridgehead atoms. The molecule has 2 heteroatoms. The van der Waals surface area contributed by atoms with Crippen molar-refractivity contribution < 1.29 is 4.74 Å². The van der Waals surface area contributed by atoms with Crippen LogP contribution in [0.25, 0.3) is 0 Å². The predicted molar refractivity (Wildman–Crippen MR) is 75.8 cm³/mol. The SMILES string of the molecule is COC1CCCC(N[C@@H](C)c2ccc(C)cc2)C1. The zero-order chi connectivity index (χ0) is 13.0. The van der Waals surface area contributed by atoms with Gasteiger partial charge in [0.15, 0.2) is 0 Å². The first-order valence-electron chi connectivity index (χ1n) is 7.04. The molecule has 2 nitrogen and oxygen atoms in total. The number of hydrogen-bond acceptors (Lipinski definition) is 2. The zero-order valence-electron chi connectivity index (χ0n) is 11.8. The highest BCUT2D eigenvalue weighted by Crippen LogP contribution is 2.23. The van der Waals surface area contributed by atoms with E-state index in [1.54, 1.807) is 0 Å². The fourth-order valence-electron chi connectivity index (χ4n) is 2.82. The molecule has 1 aromatic carbocycles. The van der Waals surface area contributed by atoms with Gasteiger partial charge in [0, 0.05) is 19.2 Å². The van der Waals surface area contributed by atoms with Crippen LogP contribution in [-0.2, 0) is 4.74 Å². The zero-order valence-corrected chi connectivity index (χ0v) is 11.8. The number of methoxy groups -OCH3 is 1. The largest absolute Gasteiger partial charge is 0.381 e. The van der Waals surface area contributed by atoms with E-state index in [1.807, 2.05) is 7.11 Å². The number of benzene rings is 1. The molecule has 1 aromatic rings. The van der Waals surface area contributed by atoms with Gasteiger partial charge >= 0.3 is 0 Å². The average molecular weight is 247 g/mol. The summed E-state index contributed by atoms with van der Waals surface area (Å²) in [6.07, 6.45) is 5.36. The molecule has 0 amide bonds. The third kappa shape index (κ3) is 3.56. The maximum absolute atomic E-state index is 5.48. The second kappa shape index (κ2) is 6.35. The maximum atomic E-state index is 5.48. The van der Waals surface area contributed by atoms with Crippen LogP contribution in [0.3, 0.4) is 0 Å². The highest BCUT2D eigenvalue weighted by molar-refractivity contribution is 5.23. The van der Waals surface area contributed by atoms with E-state index in [0.717, 1.165) is 6.42 Å². The van der Waals surface area contributed by atoms with Crippen molar-refractivity contribution in [1.29, 1.82) is 0 Å². The van der Waals surface area contributed by atoms with Crippen LogP contribution < -0.4 is 5.32 Å². The second-order valence-electron chi connectivity index (χ2n) is 5.52. The molecule has 0 aromatic heterocycles. The van der Waals surface area contributed by atoms with Crippen molar-refractivity contribution in [3.63, 3.8) is 0 Å². The molecule has 100 valence electrons. The summed E-state index contributed by atoms with van der Waals surface area (Å²) in [5, 5.41) is 3.74. The van der Waals surface area contributed by atoms with Gasteiger partial charge in [-0.05, 0) is 45.1 Å². The van der Waals surface area contributed by atoms with Crippen LogP contribution in [0.2, 0.25) is 0 Å². The number of aryl methyl sites for hydroxylation is 1. The molecule has 18 heavy (non-hydrogen) atoms. The molecule has 0 radical (unpaired) electrons. The molecule has 0 saturated heterocycles. The Balaban J connectivity index is 1.90. The Labute approximate surface area is 111 Å². The van der Waals surface area contributed by atoms with Gasteiger partial charge in [0.25, 0.3) is 0 Å². The minimum atomic E-state index is 0.422. The molecule has 1 N–H and O–H groups in total. The molecule has 3 atom stereocenters. The highest BCUT2D eigenvalue weighted by Gasteiger charge is 2.22. The van der Waals surface area contributed by atoms with Crippen LogP contribution in [0.1, 0.15) is 49.8 Å². The second-order valence-corrected chi connectivity index (χ2v) is 5.52. The van der Waals surface area contributed by atoms with Gasteiger partial charge in [-0.25, -0.2) is 0 Å². The first-order valence-corrected chi connectivity index (χ1v) is 7.04. The van der Waals surface area contributed by atoms with Gasteiger partial charge in [-0.1, -0.05) is 29.8 Å². The lowest BCUT2D eigenvalue weighted by molar-refractivity contribution is 0.0572. The van der Waals surface area contributed by atoms with Gasteiger partial charge in [0.05, 0.1) is 6.10 Å². The first kappa shape index (κ1) is 13.6. The predicted octanol–water partition coefficient (Wildman–Crippen LogP) is 3.60. The van der Waals surface area contributed by atoms with Crippen LogP contribution >= 0.6 is 0 Å². The Bertz CT molecular complexity index is 360. The molecule has 2 rings (SSSR count). The Morgan fingerprint density at radius 1 is 1.22 bits per heavy atom. The monoisotopic (exact) mass is 247 g/mol. The topological polar surface area (TPSA) is 21.3 Å². The van der Waals surface area contributed by atoms with Gasteiger partial charge in [-0.3, -0.25) is 0 Å². The summed E-state index contributed by atoms with van der Waals surface area (Å²) in [6, 6.07) is 9.84. The number of hydrogen-bond donors (Lipinski definition) is 1. The van der Waals surface area contributed by atoms with E-state index >= 15 is 0 Å². The van der Waals surface area contributed by atoms with Gasteiger partial charge in [0.1, 0.15) is 0 Å². The first-order chi connectivity index (χ1) is 8.69. The summed E-state index contributed by atoms with van der Waals surface area (Å²) >= 11 is 0. The summed E-state index contributed by atoms with van der Waals surface area (Å²) in [5.74, 6) is 0. The lowest BCUT2D eigenvalue weighted by Crippen LogP contribution is -2.38. The fraction of sp³-hybridized carbons (Fsp3) is 0.625. The van der Waals surface area contributed by atoms with Crippen molar-refractivity contribution >= 4 is 0 Å². The lowest BCUT2D eigenvalue weighted by Gasteiger charge is -2.31. The van der Waals surface area contributed by atoms with Gasteiger partial charge in [-0.15, -0.1) is 0 Å². The van der Waals surface area contributed by atoms with Crippen molar-refractivity contribution in [3.8, 4) is 0 Å². The van der Waals surface area contributed by atoms with Crippen molar-refractivity contribution in [2.45, 2.75) is 57.7 Å². The third-order valence-corrected chi connectivity index (χ3v) is 4.02. The van der Waals surface area contributed by atoms with E-state index < -0.39 is 0 Å². The molecule has 2 unspecified atom stereocenters. The van der Waals surface area contributed by atoms with Crippen LogP contribution in [0.5, 0.6) is 0 Å². The van der Waals surface area contributed by atoms with Crippen molar-refractivity contribution in [3.05, 3.63) is 35.4 Å². The average Bonchev–Trinajstić information content (AvgIpc) is 2.39.